The Kier molecular flexibility index (Phi) is 4.91. The van der Waals surface area contributed by atoms with Crippen LogP contribution in [0, 0.1) is 0 Å². The Morgan fingerprint density at radius 3 is 2.00 bits per heavy atom. The molecule has 80 valence electrons. The third kappa shape index (κ3) is 6.04. The van der Waals surface area contributed by atoms with Crippen molar-refractivity contribution in [2.75, 3.05) is 0 Å². The average molecular weight is 222 g/mol. The average Bonchev–Trinajstić information content (AvgIpc) is 1.81. The normalized spacial score (nSPS) is 19.1. The molecule has 0 saturated heterocycles. The minimum atomic E-state index is -4.71. The molecule has 0 aliphatic rings. The SMILES string of the molecule is CC(C)OP(=O)(O)OC(F)C(F)F. The minimum absolute atomic E-state index is 0.722. The summed E-state index contributed by atoms with van der Waals surface area (Å²) in [6.07, 6.45) is -7.31. The summed E-state index contributed by atoms with van der Waals surface area (Å²) in [5, 5.41) is 0. The van der Waals surface area contributed by atoms with E-state index in [-0.39, 0.29) is 0 Å². The molecule has 0 radical (unpaired) electrons. The number of halogens is 3. The second kappa shape index (κ2) is 4.95. The maximum atomic E-state index is 12.1. The van der Waals surface area contributed by atoms with Crippen LogP contribution in [-0.2, 0) is 13.6 Å². The van der Waals surface area contributed by atoms with Gasteiger partial charge in [-0.3, -0.25) is 4.52 Å². The van der Waals surface area contributed by atoms with Crippen molar-refractivity contribution in [2.24, 2.45) is 0 Å². The van der Waals surface area contributed by atoms with Gasteiger partial charge in [0.15, 0.2) is 0 Å². The first-order valence-electron chi connectivity index (χ1n) is 3.36. The molecule has 0 aromatic carbocycles. The molecule has 2 atom stereocenters. The molecular weight excluding hydrogens is 212 g/mol. The second-order valence-electron chi connectivity index (χ2n) is 2.41. The first-order valence-corrected chi connectivity index (χ1v) is 4.86. The molecule has 0 bridgehead atoms. The lowest BCUT2D eigenvalue weighted by Crippen LogP contribution is -2.16. The number of hydrogen-bond acceptors (Lipinski definition) is 3. The highest BCUT2D eigenvalue weighted by Crippen LogP contribution is 2.46. The van der Waals surface area contributed by atoms with E-state index in [9.17, 15) is 17.7 Å². The van der Waals surface area contributed by atoms with Crippen LogP contribution in [0.15, 0.2) is 0 Å². The topological polar surface area (TPSA) is 55.8 Å². The molecule has 0 rings (SSSR count). The van der Waals surface area contributed by atoms with E-state index in [0.29, 0.717) is 0 Å². The van der Waals surface area contributed by atoms with Crippen LogP contribution >= 0.6 is 7.82 Å². The van der Waals surface area contributed by atoms with Gasteiger partial charge in [-0.15, -0.1) is 0 Å². The Balaban J connectivity index is 4.09. The van der Waals surface area contributed by atoms with Crippen LogP contribution in [0.5, 0.6) is 0 Å². The van der Waals surface area contributed by atoms with E-state index in [1.165, 1.54) is 13.8 Å². The highest BCUT2D eigenvalue weighted by atomic mass is 31.2. The van der Waals surface area contributed by atoms with Crippen LogP contribution in [0.4, 0.5) is 13.2 Å². The standard InChI is InChI=1S/C5H10F3O4P/c1-3(2)11-13(9,10)12-5(8)4(6)7/h3-5H,1-2H3,(H,9,10). The van der Waals surface area contributed by atoms with Crippen molar-refractivity contribution in [1.82, 2.24) is 0 Å². The number of phosphoric ester groups is 1. The summed E-state index contributed by atoms with van der Waals surface area (Å²) in [5.41, 5.74) is 0. The van der Waals surface area contributed by atoms with Gasteiger partial charge in [0.1, 0.15) is 0 Å². The van der Waals surface area contributed by atoms with Crippen molar-refractivity contribution in [3.8, 4) is 0 Å². The van der Waals surface area contributed by atoms with Gasteiger partial charge in [-0.1, -0.05) is 0 Å². The van der Waals surface area contributed by atoms with Crippen molar-refractivity contribution in [2.45, 2.75) is 32.7 Å². The molecule has 8 heteroatoms. The molecular formula is C5H10F3O4P. The predicted molar refractivity (Wildman–Crippen MR) is 38.0 cm³/mol. The van der Waals surface area contributed by atoms with Crippen molar-refractivity contribution >= 4 is 7.82 Å². The second-order valence-corrected chi connectivity index (χ2v) is 3.77. The highest BCUT2D eigenvalue weighted by Gasteiger charge is 2.32. The molecule has 0 aliphatic heterocycles. The van der Waals surface area contributed by atoms with Crippen LogP contribution < -0.4 is 0 Å². The molecule has 0 amide bonds. The first-order chi connectivity index (χ1) is 5.74. The number of alkyl halides is 3. The largest absolute Gasteiger partial charge is 0.475 e. The fraction of sp³-hybridized carbons (Fsp3) is 1.00. The van der Waals surface area contributed by atoms with E-state index in [1.54, 1.807) is 0 Å². The smallest absolute Gasteiger partial charge is 0.302 e. The van der Waals surface area contributed by atoms with Gasteiger partial charge in [-0.2, -0.15) is 0 Å². The molecule has 0 saturated carbocycles. The Morgan fingerprint density at radius 1 is 1.23 bits per heavy atom. The molecule has 0 aromatic rings. The highest BCUT2D eigenvalue weighted by molar-refractivity contribution is 7.47. The van der Waals surface area contributed by atoms with E-state index in [1.807, 2.05) is 0 Å². The van der Waals surface area contributed by atoms with Crippen molar-refractivity contribution in [3.63, 3.8) is 0 Å². The van der Waals surface area contributed by atoms with Crippen molar-refractivity contribution in [1.29, 1.82) is 0 Å². The van der Waals surface area contributed by atoms with Crippen LogP contribution in [0.25, 0.3) is 0 Å². The van der Waals surface area contributed by atoms with Gasteiger partial charge in [0.2, 0.25) is 0 Å². The van der Waals surface area contributed by atoms with Gasteiger partial charge in [-0.05, 0) is 13.8 Å². The first kappa shape index (κ1) is 12.9. The molecule has 2 unspecified atom stereocenters. The molecule has 0 fully saturated rings. The van der Waals surface area contributed by atoms with E-state index in [4.69, 9.17) is 4.89 Å². The molecule has 0 aromatic heterocycles. The molecule has 1 N–H and O–H groups in total. The van der Waals surface area contributed by atoms with Gasteiger partial charge in [0.05, 0.1) is 6.10 Å². The third-order valence-corrected chi connectivity index (χ3v) is 1.93. The van der Waals surface area contributed by atoms with Crippen LogP contribution in [0.2, 0.25) is 0 Å². The van der Waals surface area contributed by atoms with Gasteiger partial charge in [0, 0.05) is 0 Å². The summed E-state index contributed by atoms with van der Waals surface area (Å²) in [4.78, 5) is 8.64. The van der Waals surface area contributed by atoms with E-state index in [2.05, 4.69) is 9.05 Å². The third-order valence-electron chi connectivity index (χ3n) is 0.776. The minimum Gasteiger partial charge on any atom is -0.302 e. The maximum absolute atomic E-state index is 12.1. The summed E-state index contributed by atoms with van der Waals surface area (Å²) in [6.45, 7) is 2.75. The monoisotopic (exact) mass is 222 g/mol. The van der Waals surface area contributed by atoms with E-state index < -0.39 is 26.7 Å². The Bertz CT molecular complexity index is 198. The summed E-state index contributed by atoms with van der Waals surface area (Å²) in [6, 6.07) is 0. The zero-order valence-electron chi connectivity index (χ0n) is 6.99. The van der Waals surface area contributed by atoms with Gasteiger partial charge >= 0.3 is 7.82 Å². The number of phosphoric acid groups is 1. The van der Waals surface area contributed by atoms with Crippen LogP contribution in [-0.4, -0.2) is 23.8 Å². The quantitative estimate of drug-likeness (QED) is 0.723. The van der Waals surface area contributed by atoms with Gasteiger partial charge < -0.3 is 4.89 Å². The van der Waals surface area contributed by atoms with Crippen molar-refractivity contribution < 1.29 is 31.7 Å². The fourth-order valence-corrected chi connectivity index (χ4v) is 1.39. The molecule has 0 heterocycles. The molecule has 0 aliphatic carbocycles. The summed E-state index contributed by atoms with van der Waals surface area (Å²) in [5.74, 6) is 0. The lowest BCUT2D eigenvalue weighted by atomic mass is 10.5. The Morgan fingerprint density at radius 2 is 1.69 bits per heavy atom. The van der Waals surface area contributed by atoms with Crippen LogP contribution in [0.1, 0.15) is 13.8 Å². The summed E-state index contributed by atoms with van der Waals surface area (Å²) in [7, 11) is -4.71. The lowest BCUT2D eigenvalue weighted by Gasteiger charge is -2.16. The predicted octanol–water partition coefficient (Wildman–Crippen LogP) is 2.09. The molecule has 13 heavy (non-hydrogen) atoms. The van der Waals surface area contributed by atoms with E-state index >= 15 is 0 Å². The maximum Gasteiger partial charge on any atom is 0.475 e. The number of rotatable bonds is 5. The molecule has 4 nitrogen and oxygen atoms in total. The van der Waals surface area contributed by atoms with E-state index in [0.717, 1.165) is 0 Å². The zero-order valence-corrected chi connectivity index (χ0v) is 7.88. The Hall–Kier alpha value is -0.100. The lowest BCUT2D eigenvalue weighted by molar-refractivity contribution is -0.0846. The fourth-order valence-electron chi connectivity index (χ4n) is 0.465. The zero-order chi connectivity index (χ0) is 10.6. The number of hydrogen-bond donors (Lipinski definition) is 1. The van der Waals surface area contributed by atoms with Crippen molar-refractivity contribution in [3.05, 3.63) is 0 Å². The summed E-state index contributed by atoms with van der Waals surface area (Å²) >= 11 is 0. The Labute approximate surface area is 73.3 Å². The van der Waals surface area contributed by atoms with Gasteiger partial charge in [0.25, 0.3) is 12.8 Å². The van der Waals surface area contributed by atoms with Gasteiger partial charge in [-0.25, -0.2) is 22.3 Å². The molecule has 0 spiro atoms. The van der Waals surface area contributed by atoms with Crippen LogP contribution in [0.3, 0.4) is 0 Å². The summed E-state index contributed by atoms with van der Waals surface area (Å²) < 4.78 is 53.4.